The van der Waals surface area contributed by atoms with Crippen LogP contribution < -0.4 is 5.32 Å². The first kappa shape index (κ1) is 14.8. The van der Waals surface area contributed by atoms with Gasteiger partial charge >= 0.3 is 5.97 Å². The Balaban J connectivity index is 2.05. The number of esters is 1. The van der Waals surface area contributed by atoms with E-state index in [0.717, 1.165) is 12.8 Å². The third-order valence-electron chi connectivity index (χ3n) is 3.75. The van der Waals surface area contributed by atoms with E-state index in [4.69, 9.17) is 4.74 Å². The first-order chi connectivity index (χ1) is 9.81. The van der Waals surface area contributed by atoms with Crippen LogP contribution >= 0.6 is 0 Å². The summed E-state index contributed by atoms with van der Waals surface area (Å²) in [6, 6.07) is 3.96. The molecule has 110 valence electrons. The van der Waals surface area contributed by atoms with Gasteiger partial charge in [-0.15, -0.1) is 0 Å². The number of anilines is 1. The smallest absolute Gasteiger partial charge is 0.341 e. The Bertz CT molecular complexity index is 426. The van der Waals surface area contributed by atoms with Gasteiger partial charge in [0.05, 0.1) is 6.61 Å². The van der Waals surface area contributed by atoms with Crippen LogP contribution in [0.3, 0.4) is 0 Å². The summed E-state index contributed by atoms with van der Waals surface area (Å²) in [5, 5.41) is 3.44. The number of nitrogens with one attached hydrogen (secondary N) is 1. The van der Waals surface area contributed by atoms with Crippen molar-refractivity contribution in [3.8, 4) is 0 Å². The van der Waals surface area contributed by atoms with E-state index in [1.165, 1.54) is 32.1 Å². The van der Waals surface area contributed by atoms with Crippen molar-refractivity contribution in [2.45, 2.75) is 57.9 Å². The second-order valence-electron chi connectivity index (χ2n) is 5.31. The van der Waals surface area contributed by atoms with Gasteiger partial charge in [-0.1, -0.05) is 32.1 Å². The topological polar surface area (TPSA) is 51.2 Å². The molecule has 2 rings (SSSR count). The Kier molecular flexibility index (Phi) is 5.84. The fourth-order valence-electron chi connectivity index (χ4n) is 2.69. The van der Waals surface area contributed by atoms with Gasteiger partial charge in [0.1, 0.15) is 11.4 Å². The van der Waals surface area contributed by atoms with Gasteiger partial charge in [0, 0.05) is 12.2 Å². The van der Waals surface area contributed by atoms with Crippen molar-refractivity contribution in [3.05, 3.63) is 23.9 Å². The number of carbonyl (C=O) groups is 1. The minimum absolute atomic E-state index is 0.297. The van der Waals surface area contributed by atoms with Crippen molar-refractivity contribution < 1.29 is 9.53 Å². The SMILES string of the molecule is CCOC(=O)c1cccnc1NC1CCCCCCC1. The lowest BCUT2D eigenvalue weighted by Gasteiger charge is -2.22. The predicted molar refractivity (Wildman–Crippen MR) is 79.9 cm³/mol. The van der Waals surface area contributed by atoms with E-state index in [-0.39, 0.29) is 5.97 Å². The molecule has 0 aliphatic heterocycles. The molecule has 0 aromatic carbocycles. The molecule has 1 aromatic heterocycles. The average molecular weight is 276 g/mol. The number of hydrogen-bond acceptors (Lipinski definition) is 4. The maximum absolute atomic E-state index is 11.9. The summed E-state index contributed by atoms with van der Waals surface area (Å²) in [6.45, 7) is 2.20. The molecule has 1 aliphatic rings. The van der Waals surface area contributed by atoms with Crippen molar-refractivity contribution >= 4 is 11.8 Å². The molecule has 0 amide bonds. The van der Waals surface area contributed by atoms with E-state index in [1.54, 1.807) is 18.3 Å². The van der Waals surface area contributed by atoms with Gasteiger partial charge < -0.3 is 10.1 Å². The van der Waals surface area contributed by atoms with Crippen LogP contribution in [0.2, 0.25) is 0 Å². The third kappa shape index (κ3) is 4.22. The minimum Gasteiger partial charge on any atom is -0.462 e. The molecule has 0 bridgehead atoms. The van der Waals surface area contributed by atoms with Gasteiger partial charge in [0.15, 0.2) is 0 Å². The molecule has 0 spiro atoms. The van der Waals surface area contributed by atoms with Gasteiger partial charge in [-0.25, -0.2) is 9.78 Å². The Morgan fingerprint density at radius 2 is 2.00 bits per heavy atom. The highest BCUT2D eigenvalue weighted by molar-refractivity contribution is 5.94. The van der Waals surface area contributed by atoms with Crippen molar-refractivity contribution in [2.24, 2.45) is 0 Å². The van der Waals surface area contributed by atoms with Crippen LogP contribution in [0.25, 0.3) is 0 Å². The first-order valence-corrected chi connectivity index (χ1v) is 7.70. The molecule has 20 heavy (non-hydrogen) atoms. The van der Waals surface area contributed by atoms with Gasteiger partial charge in [-0.3, -0.25) is 0 Å². The molecule has 1 aromatic rings. The molecule has 4 nitrogen and oxygen atoms in total. The van der Waals surface area contributed by atoms with Crippen LogP contribution in [0.1, 0.15) is 62.2 Å². The van der Waals surface area contributed by atoms with Crippen LogP contribution in [0.5, 0.6) is 0 Å². The number of hydrogen-bond donors (Lipinski definition) is 1. The molecular formula is C16H24N2O2. The normalized spacial score (nSPS) is 17.1. The van der Waals surface area contributed by atoms with Crippen LogP contribution in [0, 0.1) is 0 Å². The largest absolute Gasteiger partial charge is 0.462 e. The fourth-order valence-corrected chi connectivity index (χ4v) is 2.69. The zero-order valence-electron chi connectivity index (χ0n) is 12.2. The molecular weight excluding hydrogens is 252 g/mol. The van der Waals surface area contributed by atoms with Crippen LogP contribution in [-0.2, 0) is 4.74 Å². The van der Waals surface area contributed by atoms with Crippen molar-refractivity contribution in [3.63, 3.8) is 0 Å². The van der Waals surface area contributed by atoms with Crippen molar-refractivity contribution in [1.82, 2.24) is 4.98 Å². The highest BCUT2D eigenvalue weighted by Gasteiger charge is 2.17. The number of pyridine rings is 1. The maximum atomic E-state index is 11.9. The Morgan fingerprint density at radius 1 is 1.30 bits per heavy atom. The Labute approximate surface area is 120 Å². The fraction of sp³-hybridized carbons (Fsp3) is 0.625. The third-order valence-corrected chi connectivity index (χ3v) is 3.75. The molecule has 4 heteroatoms. The monoisotopic (exact) mass is 276 g/mol. The Hall–Kier alpha value is -1.58. The summed E-state index contributed by atoms with van der Waals surface area (Å²) < 4.78 is 5.08. The standard InChI is InChI=1S/C16H24N2O2/c1-2-20-16(19)14-11-8-12-17-15(14)18-13-9-6-4-3-5-7-10-13/h8,11-13H,2-7,9-10H2,1H3,(H,17,18). The van der Waals surface area contributed by atoms with E-state index in [1.807, 2.05) is 6.92 Å². The molecule has 1 aliphatic carbocycles. The van der Waals surface area contributed by atoms with E-state index in [9.17, 15) is 4.79 Å². The van der Waals surface area contributed by atoms with E-state index >= 15 is 0 Å². The molecule has 0 radical (unpaired) electrons. The first-order valence-electron chi connectivity index (χ1n) is 7.70. The minimum atomic E-state index is -0.297. The van der Waals surface area contributed by atoms with Gasteiger partial charge in [0.25, 0.3) is 0 Å². The molecule has 1 fully saturated rings. The van der Waals surface area contributed by atoms with Crippen LogP contribution in [0.4, 0.5) is 5.82 Å². The second-order valence-corrected chi connectivity index (χ2v) is 5.31. The maximum Gasteiger partial charge on any atom is 0.341 e. The van der Waals surface area contributed by atoms with E-state index in [0.29, 0.717) is 24.0 Å². The van der Waals surface area contributed by atoms with E-state index in [2.05, 4.69) is 10.3 Å². The zero-order chi connectivity index (χ0) is 14.2. The van der Waals surface area contributed by atoms with Gasteiger partial charge in [-0.05, 0) is 31.9 Å². The van der Waals surface area contributed by atoms with Gasteiger partial charge in [-0.2, -0.15) is 0 Å². The molecule has 0 unspecified atom stereocenters. The molecule has 0 atom stereocenters. The summed E-state index contributed by atoms with van der Waals surface area (Å²) in [4.78, 5) is 16.2. The lowest BCUT2D eigenvalue weighted by molar-refractivity contribution is 0.0527. The number of rotatable bonds is 4. The lowest BCUT2D eigenvalue weighted by atomic mass is 9.96. The van der Waals surface area contributed by atoms with Crippen molar-refractivity contribution in [1.29, 1.82) is 0 Å². The molecule has 1 heterocycles. The summed E-state index contributed by atoms with van der Waals surface area (Å²) >= 11 is 0. The number of ether oxygens (including phenoxy) is 1. The van der Waals surface area contributed by atoms with Gasteiger partial charge in [0.2, 0.25) is 0 Å². The summed E-state index contributed by atoms with van der Waals surface area (Å²) in [5.41, 5.74) is 0.538. The van der Waals surface area contributed by atoms with Crippen LogP contribution in [0.15, 0.2) is 18.3 Å². The van der Waals surface area contributed by atoms with Crippen molar-refractivity contribution in [2.75, 3.05) is 11.9 Å². The number of carbonyl (C=O) groups excluding carboxylic acids is 1. The highest BCUT2D eigenvalue weighted by Crippen LogP contribution is 2.22. The quantitative estimate of drug-likeness (QED) is 0.850. The predicted octanol–water partition coefficient (Wildman–Crippen LogP) is 3.78. The van der Waals surface area contributed by atoms with E-state index < -0.39 is 0 Å². The Morgan fingerprint density at radius 3 is 2.70 bits per heavy atom. The molecule has 1 N–H and O–H groups in total. The number of nitrogens with zero attached hydrogens (tertiary/aromatic N) is 1. The summed E-state index contributed by atoms with van der Waals surface area (Å²) in [5.74, 6) is 0.366. The molecule has 0 saturated heterocycles. The number of aromatic nitrogens is 1. The zero-order valence-corrected chi connectivity index (χ0v) is 12.2. The summed E-state index contributed by atoms with van der Waals surface area (Å²) in [6.07, 6.45) is 10.5. The molecule has 1 saturated carbocycles. The average Bonchev–Trinajstić information content (AvgIpc) is 2.42. The van der Waals surface area contributed by atoms with Crippen LogP contribution in [-0.4, -0.2) is 23.6 Å². The highest BCUT2D eigenvalue weighted by atomic mass is 16.5. The lowest BCUT2D eigenvalue weighted by Crippen LogP contribution is -2.23. The second kappa shape index (κ2) is 7.88. The summed E-state index contributed by atoms with van der Waals surface area (Å²) in [7, 11) is 0.